The average Bonchev–Trinajstić information content (AvgIpc) is 3.22. The third-order valence-corrected chi connectivity index (χ3v) is 6.64. The maximum atomic E-state index is 12.8. The first-order chi connectivity index (χ1) is 14.1. The minimum atomic E-state index is -4.59. The maximum Gasteiger partial charge on any atom is 0.416 e. The lowest BCUT2D eigenvalue weighted by atomic mass is 10.2. The molecule has 1 aromatic heterocycles. The van der Waals surface area contributed by atoms with E-state index >= 15 is 0 Å². The lowest BCUT2D eigenvalue weighted by Gasteiger charge is -2.13. The van der Waals surface area contributed by atoms with E-state index < -0.39 is 21.8 Å². The fourth-order valence-electron chi connectivity index (χ4n) is 2.65. The molecule has 3 rings (SSSR count). The Morgan fingerprint density at radius 3 is 2.33 bits per heavy atom. The van der Waals surface area contributed by atoms with Gasteiger partial charge in [-0.25, -0.2) is 8.42 Å². The molecule has 0 saturated carbocycles. The zero-order valence-corrected chi connectivity index (χ0v) is 17.2. The molecule has 5 nitrogen and oxygen atoms in total. The lowest BCUT2D eigenvalue weighted by molar-refractivity contribution is -0.137. The second kappa shape index (κ2) is 8.49. The number of amides is 1. The maximum absolute atomic E-state index is 12.8. The second-order valence-corrected chi connectivity index (χ2v) is 9.08. The van der Waals surface area contributed by atoms with Gasteiger partial charge in [-0.3, -0.25) is 9.52 Å². The molecular weight excluding hydrogens is 437 g/mol. The van der Waals surface area contributed by atoms with Crippen LogP contribution in [0.25, 0.3) is 0 Å². The minimum absolute atomic E-state index is 0.178. The van der Waals surface area contributed by atoms with Crippen LogP contribution in [0.15, 0.2) is 70.9 Å². The first-order valence-corrected chi connectivity index (χ1v) is 11.1. The van der Waals surface area contributed by atoms with E-state index in [-0.39, 0.29) is 28.1 Å². The average molecular weight is 454 g/mol. The van der Waals surface area contributed by atoms with Crippen LogP contribution in [0.1, 0.15) is 33.8 Å². The highest BCUT2D eigenvalue weighted by Crippen LogP contribution is 2.31. The predicted octanol–water partition coefficient (Wildman–Crippen LogP) is 5.06. The number of nitrogens with one attached hydrogen (secondary N) is 2. The molecule has 1 atom stereocenters. The molecule has 2 aromatic carbocycles. The summed E-state index contributed by atoms with van der Waals surface area (Å²) in [5.41, 5.74) is -0.914. The van der Waals surface area contributed by atoms with Gasteiger partial charge in [0.1, 0.15) is 0 Å². The van der Waals surface area contributed by atoms with E-state index in [4.69, 9.17) is 0 Å². The van der Waals surface area contributed by atoms with Crippen molar-refractivity contribution in [1.82, 2.24) is 5.32 Å². The number of anilines is 1. The number of alkyl halides is 3. The van der Waals surface area contributed by atoms with Gasteiger partial charge in [0.15, 0.2) is 0 Å². The van der Waals surface area contributed by atoms with Crippen LogP contribution in [0.5, 0.6) is 0 Å². The first kappa shape index (κ1) is 21.8. The number of hydrogen-bond acceptors (Lipinski definition) is 4. The Labute approximate surface area is 175 Å². The van der Waals surface area contributed by atoms with Gasteiger partial charge in [-0.15, -0.1) is 11.3 Å². The highest BCUT2D eigenvalue weighted by Gasteiger charge is 2.30. The second-order valence-electron chi connectivity index (χ2n) is 6.42. The molecule has 0 aliphatic carbocycles. The van der Waals surface area contributed by atoms with Crippen LogP contribution in [-0.2, 0) is 16.2 Å². The molecule has 1 amide bonds. The molecule has 0 bridgehead atoms. The van der Waals surface area contributed by atoms with E-state index in [1.54, 1.807) is 0 Å². The van der Waals surface area contributed by atoms with Gasteiger partial charge >= 0.3 is 6.18 Å². The zero-order chi connectivity index (χ0) is 21.9. The van der Waals surface area contributed by atoms with Crippen LogP contribution in [0.4, 0.5) is 18.9 Å². The smallest absolute Gasteiger partial charge is 0.345 e. The van der Waals surface area contributed by atoms with Crippen molar-refractivity contribution < 1.29 is 26.4 Å². The number of rotatable bonds is 6. The molecule has 30 heavy (non-hydrogen) atoms. The van der Waals surface area contributed by atoms with Gasteiger partial charge in [0.25, 0.3) is 15.9 Å². The Bertz CT molecular complexity index is 1130. The van der Waals surface area contributed by atoms with Crippen molar-refractivity contribution in [2.45, 2.75) is 24.0 Å². The van der Waals surface area contributed by atoms with Crippen molar-refractivity contribution >= 4 is 33.0 Å². The number of sulfonamides is 1. The van der Waals surface area contributed by atoms with Gasteiger partial charge in [-0.2, -0.15) is 13.2 Å². The number of carbonyl (C=O) groups excluding carboxylic acids is 1. The Balaban J connectivity index is 1.72. The molecule has 0 spiro atoms. The summed E-state index contributed by atoms with van der Waals surface area (Å²) < 4.78 is 65.5. The predicted molar refractivity (Wildman–Crippen MR) is 109 cm³/mol. The fraction of sp³-hybridized carbons (Fsp3) is 0.150. The standard InChI is InChI=1S/C20H17F3N2O3S2/c1-13(18-6-3-11-29-18)24-19(26)14-7-9-17(10-8-14)30(27,28)25-16-5-2-4-15(12-16)20(21,22)23/h2-13,25H,1H3,(H,24,26). The van der Waals surface area contributed by atoms with E-state index in [1.807, 2.05) is 24.4 Å². The molecule has 0 radical (unpaired) electrons. The van der Waals surface area contributed by atoms with Gasteiger partial charge in [-0.05, 0) is 60.8 Å². The van der Waals surface area contributed by atoms with E-state index in [0.29, 0.717) is 6.07 Å². The van der Waals surface area contributed by atoms with Crippen molar-refractivity contribution in [2.75, 3.05) is 4.72 Å². The van der Waals surface area contributed by atoms with E-state index in [1.165, 1.54) is 41.7 Å². The molecule has 0 fully saturated rings. The van der Waals surface area contributed by atoms with Crippen LogP contribution in [0, 0.1) is 0 Å². The van der Waals surface area contributed by atoms with Gasteiger partial charge in [0.2, 0.25) is 0 Å². The highest BCUT2D eigenvalue weighted by atomic mass is 32.2. The Morgan fingerprint density at radius 2 is 1.73 bits per heavy atom. The highest BCUT2D eigenvalue weighted by molar-refractivity contribution is 7.92. The van der Waals surface area contributed by atoms with E-state index in [0.717, 1.165) is 17.0 Å². The molecule has 0 aliphatic rings. The van der Waals surface area contributed by atoms with E-state index in [2.05, 4.69) is 10.0 Å². The summed E-state index contributed by atoms with van der Waals surface area (Å²) in [6.07, 6.45) is -4.59. The van der Waals surface area contributed by atoms with Crippen molar-refractivity contribution in [1.29, 1.82) is 0 Å². The summed E-state index contributed by atoms with van der Waals surface area (Å²) >= 11 is 1.50. The molecule has 0 saturated heterocycles. The summed E-state index contributed by atoms with van der Waals surface area (Å²) in [7, 11) is -4.12. The van der Waals surface area contributed by atoms with Crippen LogP contribution in [0.3, 0.4) is 0 Å². The Kier molecular flexibility index (Phi) is 6.18. The van der Waals surface area contributed by atoms with E-state index in [9.17, 15) is 26.4 Å². The summed E-state index contributed by atoms with van der Waals surface area (Å²) in [5, 5.41) is 4.71. The van der Waals surface area contributed by atoms with Crippen molar-refractivity contribution in [3.63, 3.8) is 0 Å². The monoisotopic (exact) mass is 454 g/mol. The molecule has 158 valence electrons. The molecule has 1 heterocycles. The molecule has 0 aliphatic heterocycles. The largest absolute Gasteiger partial charge is 0.416 e. The van der Waals surface area contributed by atoms with Crippen LogP contribution in [-0.4, -0.2) is 14.3 Å². The van der Waals surface area contributed by atoms with Gasteiger partial charge in [0, 0.05) is 16.1 Å². The number of carbonyl (C=O) groups is 1. The van der Waals surface area contributed by atoms with Crippen molar-refractivity contribution in [2.24, 2.45) is 0 Å². The number of thiophene rings is 1. The summed E-state index contributed by atoms with van der Waals surface area (Å²) in [4.78, 5) is 13.2. The van der Waals surface area contributed by atoms with Gasteiger partial charge < -0.3 is 5.32 Å². The minimum Gasteiger partial charge on any atom is -0.345 e. The molecule has 1 unspecified atom stereocenters. The van der Waals surface area contributed by atoms with Gasteiger partial charge in [0.05, 0.1) is 16.5 Å². The first-order valence-electron chi connectivity index (χ1n) is 8.71. The third-order valence-electron chi connectivity index (χ3n) is 4.19. The number of benzene rings is 2. The van der Waals surface area contributed by atoms with Crippen LogP contribution in [0.2, 0.25) is 0 Å². The number of hydrogen-bond donors (Lipinski definition) is 2. The normalized spacial score (nSPS) is 12.9. The Morgan fingerprint density at radius 1 is 1.03 bits per heavy atom. The quantitative estimate of drug-likeness (QED) is 0.547. The van der Waals surface area contributed by atoms with Crippen molar-refractivity contribution in [3.8, 4) is 0 Å². The lowest BCUT2D eigenvalue weighted by Crippen LogP contribution is -2.26. The van der Waals surface area contributed by atoms with Crippen LogP contribution >= 0.6 is 11.3 Å². The third kappa shape index (κ3) is 5.19. The SMILES string of the molecule is CC(NC(=O)c1ccc(S(=O)(=O)Nc2cccc(C(F)(F)F)c2)cc1)c1cccs1. The van der Waals surface area contributed by atoms with Crippen molar-refractivity contribution in [3.05, 3.63) is 82.0 Å². The van der Waals surface area contributed by atoms with Crippen LogP contribution < -0.4 is 10.0 Å². The topological polar surface area (TPSA) is 75.3 Å². The summed E-state index contributed by atoms with van der Waals surface area (Å²) in [6, 6.07) is 12.6. The molecule has 10 heteroatoms. The summed E-state index contributed by atoms with van der Waals surface area (Å²) in [5.74, 6) is -0.370. The Hall–Kier alpha value is -2.85. The molecule has 2 N–H and O–H groups in total. The number of halogens is 3. The zero-order valence-electron chi connectivity index (χ0n) is 15.6. The molecule has 3 aromatic rings. The van der Waals surface area contributed by atoms with Gasteiger partial charge in [-0.1, -0.05) is 12.1 Å². The summed E-state index contributed by atoms with van der Waals surface area (Å²) in [6.45, 7) is 1.83. The fourth-order valence-corrected chi connectivity index (χ4v) is 4.43. The molecular formula is C20H17F3N2O3S2.